The minimum Gasteiger partial charge on any atom is -0.473 e. The normalized spacial score (nSPS) is 17.8. The first-order chi connectivity index (χ1) is 15.4. The minimum atomic E-state index is -1.82. The lowest BCUT2D eigenvalue weighted by atomic mass is 9.99. The molecule has 2 aliphatic rings. The average Bonchev–Trinajstić information content (AvgIpc) is 3.05. The highest BCUT2D eigenvalue weighted by Crippen LogP contribution is 2.31. The number of aliphatic carboxylic acids is 2. The molecule has 2 aromatic rings. The zero-order chi connectivity index (χ0) is 23.1. The number of benzene rings is 2. The van der Waals surface area contributed by atoms with E-state index >= 15 is 0 Å². The topological polar surface area (TPSA) is 118 Å². The molecule has 1 atom stereocenters. The third-order valence-corrected chi connectivity index (χ3v) is 5.52. The largest absolute Gasteiger partial charge is 0.473 e. The van der Waals surface area contributed by atoms with Gasteiger partial charge in [0, 0.05) is 37.3 Å². The second-order valence-electron chi connectivity index (χ2n) is 7.57. The van der Waals surface area contributed by atoms with Gasteiger partial charge in [0.25, 0.3) is 5.91 Å². The van der Waals surface area contributed by atoms with Crippen LogP contribution < -0.4 is 0 Å². The molecule has 3 N–H and O–H groups in total. The number of carbonyl (C=O) groups excluding carboxylic acids is 1. The van der Waals surface area contributed by atoms with Crippen molar-refractivity contribution in [3.8, 4) is 0 Å². The van der Waals surface area contributed by atoms with Gasteiger partial charge in [0.05, 0.1) is 0 Å². The zero-order valence-electron chi connectivity index (χ0n) is 17.6. The Morgan fingerprint density at radius 1 is 0.938 bits per heavy atom. The Hall–Kier alpha value is -3.49. The average molecular weight is 438 g/mol. The van der Waals surface area contributed by atoms with Gasteiger partial charge in [-0.3, -0.25) is 9.69 Å². The van der Waals surface area contributed by atoms with Crippen molar-refractivity contribution in [3.63, 3.8) is 0 Å². The molecule has 4 rings (SSSR count). The van der Waals surface area contributed by atoms with Crippen LogP contribution in [0.3, 0.4) is 0 Å². The highest BCUT2D eigenvalue weighted by molar-refractivity contribution is 6.27. The van der Waals surface area contributed by atoms with E-state index in [0.717, 1.165) is 38.0 Å². The molecule has 8 heteroatoms. The zero-order valence-corrected chi connectivity index (χ0v) is 17.6. The number of aliphatic hydroxyl groups excluding tert-OH is 1. The summed E-state index contributed by atoms with van der Waals surface area (Å²) >= 11 is 0. The van der Waals surface area contributed by atoms with Gasteiger partial charge in [0.2, 0.25) is 0 Å². The molecule has 2 aliphatic heterocycles. The molecule has 0 saturated heterocycles. The predicted octanol–water partition coefficient (Wildman–Crippen LogP) is 2.47. The molecule has 0 bridgehead atoms. The van der Waals surface area contributed by atoms with Crippen LogP contribution in [0.5, 0.6) is 0 Å². The number of carbonyl (C=O) groups is 3. The Morgan fingerprint density at radius 3 is 2.19 bits per heavy atom. The molecule has 0 spiro atoms. The number of hydrogen-bond donors (Lipinski definition) is 3. The Labute approximate surface area is 186 Å². The second-order valence-corrected chi connectivity index (χ2v) is 7.57. The van der Waals surface area contributed by atoms with Crippen LogP contribution in [-0.2, 0) is 9.59 Å². The van der Waals surface area contributed by atoms with Gasteiger partial charge in [-0.15, -0.1) is 0 Å². The first-order valence-corrected chi connectivity index (χ1v) is 10.4. The van der Waals surface area contributed by atoms with Gasteiger partial charge in [-0.2, -0.15) is 0 Å². The van der Waals surface area contributed by atoms with E-state index in [9.17, 15) is 9.90 Å². The molecule has 1 unspecified atom stereocenters. The molecule has 2 heterocycles. The summed E-state index contributed by atoms with van der Waals surface area (Å²) in [4.78, 5) is 34.6. The molecule has 0 saturated carbocycles. The fourth-order valence-electron chi connectivity index (χ4n) is 3.87. The fraction of sp³-hybridized carbons (Fsp3) is 0.292. The van der Waals surface area contributed by atoms with Crippen LogP contribution in [0.15, 0.2) is 60.7 Å². The summed E-state index contributed by atoms with van der Waals surface area (Å²) in [6, 6.07) is 17.9. The third-order valence-electron chi connectivity index (χ3n) is 5.52. The van der Waals surface area contributed by atoms with Crippen molar-refractivity contribution in [3.05, 3.63) is 77.4 Å². The van der Waals surface area contributed by atoms with Gasteiger partial charge in [0.1, 0.15) is 0 Å². The van der Waals surface area contributed by atoms with Crippen LogP contribution >= 0.6 is 0 Å². The Morgan fingerprint density at radius 2 is 1.59 bits per heavy atom. The van der Waals surface area contributed by atoms with E-state index in [1.54, 1.807) is 11.0 Å². The molecule has 0 aromatic heterocycles. The maximum absolute atomic E-state index is 12.4. The fourth-order valence-corrected chi connectivity index (χ4v) is 3.87. The van der Waals surface area contributed by atoms with Crippen LogP contribution in [0, 0.1) is 0 Å². The standard InChI is InChI=1S/C22H24N2O2.C2H2O4/c25-21-19-9-4-5-10-20(19)22(26)24(21)14-6-13-23-15-11-18(12-16-23)17-7-2-1-3-8-17;3-1(4)2(5)6/h1-5,7-11,21,25H,6,12-16H2;(H,3,4)(H,5,6). The number of hydrogen-bond acceptors (Lipinski definition) is 5. The Balaban J connectivity index is 0.000000427. The van der Waals surface area contributed by atoms with E-state index in [4.69, 9.17) is 19.8 Å². The van der Waals surface area contributed by atoms with E-state index in [0.29, 0.717) is 12.1 Å². The van der Waals surface area contributed by atoms with Gasteiger partial charge in [-0.25, -0.2) is 9.59 Å². The van der Waals surface area contributed by atoms with Crippen molar-refractivity contribution in [2.45, 2.75) is 19.1 Å². The summed E-state index contributed by atoms with van der Waals surface area (Å²) in [6.45, 7) is 3.50. The molecule has 0 aliphatic carbocycles. The van der Waals surface area contributed by atoms with E-state index in [1.165, 1.54) is 11.1 Å². The number of nitrogens with zero attached hydrogens (tertiary/aromatic N) is 2. The van der Waals surface area contributed by atoms with Crippen LogP contribution in [0.1, 0.15) is 40.6 Å². The number of amides is 1. The number of carboxylic acids is 2. The highest BCUT2D eigenvalue weighted by Gasteiger charge is 2.34. The van der Waals surface area contributed by atoms with Gasteiger partial charge in [-0.05, 0) is 30.0 Å². The summed E-state index contributed by atoms with van der Waals surface area (Å²) in [5.41, 5.74) is 4.09. The predicted molar refractivity (Wildman–Crippen MR) is 118 cm³/mol. The van der Waals surface area contributed by atoms with E-state index < -0.39 is 18.2 Å². The van der Waals surface area contributed by atoms with Crippen molar-refractivity contribution in [2.75, 3.05) is 26.2 Å². The summed E-state index contributed by atoms with van der Waals surface area (Å²) in [5.74, 6) is -3.71. The molecule has 32 heavy (non-hydrogen) atoms. The van der Waals surface area contributed by atoms with E-state index in [2.05, 4.69) is 35.2 Å². The van der Waals surface area contributed by atoms with Crippen LogP contribution in [-0.4, -0.2) is 69.1 Å². The lowest BCUT2D eigenvalue weighted by molar-refractivity contribution is -0.159. The molecule has 8 nitrogen and oxygen atoms in total. The van der Waals surface area contributed by atoms with Gasteiger partial charge >= 0.3 is 11.9 Å². The van der Waals surface area contributed by atoms with Crippen molar-refractivity contribution in [2.24, 2.45) is 0 Å². The smallest absolute Gasteiger partial charge is 0.414 e. The maximum Gasteiger partial charge on any atom is 0.414 e. The number of rotatable bonds is 5. The quantitative estimate of drug-likeness (QED) is 0.614. The van der Waals surface area contributed by atoms with Gasteiger partial charge < -0.3 is 20.2 Å². The summed E-state index contributed by atoms with van der Waals surface area (Å²) in [6.07, 6.45) is 3.43. The monoisotopic (exact) mass is 438 g/mol. The maximum atomic E-state index is 12.4. The first-order valence-electron chi connectivity index (χ1n) is 10.4. The lowest BCUT2D eigenvalue weighted by Gasteiger charge is -2.28. The van der Waals surface area contributed by atoms with Crippen LogP contribution in [0.2, 0.25) is 0 Å². The van der Waals surface area contributed by atoms with E-state index in [1.807, 2.05) is 24.3 Å². The van der Waals surface area contributed by atoms with Crippen molar-refractivity contribution in [1.82, 2.24) is 9.80 Å². The number of fused-ring (bicyclic) bond motifs is 1. The first kappa shape index (κ1) is 23.2. The molecule has 168 valence electrons. The highest BCUT2D eigenvalue weighted by atomic mass is 16.4. The SMILES string of the molecule is O=C(O)C(=O)O.O=C1c2ccccc2C(O)N1CCCN1CC=C(c2ccccc2)CC1. The number of aliphatic hydroxyl groups is 1. The van der Waals surface area contributed by atoms with Crippen molar-refractivity contribution in [1.29, 1.82) is 0 Å². The number of carboxylic acid groups (broad SMARTS) is 2. The van der Waals surface area contributed by atoms with Crippen LogP contribution in [0.4, 0.5) is 0 Å². The molecule has 2 aromatic carbocycles. The molecular formula is C24H26N2O6. The molecule has 0 radical (unpaired) electrons. The van der Waals surface area contributed by atoms with Crippen LogP contribution in [0.25, 0.3) is 5.57 Å². The minimum absolute atomic E-state index is 0.0574. The molecular weight excluding hydrogens is 412 g/mol. The van der Waals surface area contributed by atoms with Gasteiger partial charge in [0.15, 0.2) is 6.23 Å². The van der Waals surface area contributed by atoms with Crippen molar-refractivity contribution >= 4 is 23.4 Å². The second kappa shape index (κ2) is 10.7. The Kier molecular flexibility index (Phi) is 7.75. The summed E-state index contributed by atoms with van der Waals surface area (Å²) in [7, 11) is 0. The summed E-state index contributed by atoms with van der Waals surface area (Å²) < 4.78 is 0. The Bertz CT molecular complexity index is 993. The molecule has 1 amide bonds. The summed E-state index contributed by atoms with van der Waals surface area (Å²) in [5, 5.41) is 25.2. The van der Waals surface area contributed by atoms with Crippen molar-refractivity contribution < 1.29 is 29.7 Å². The van der Waals surface area contributed by atoms with E-state index in [-0.39, 0.29) is 5.91 Å². The molecule has 0 fully saturated rings. The van der Waals surface area contributed by atoms with Gasteiger partial charge in [-0.1, -0.05) is 54.6 Å². The lowest BCUT2D eigenvalue weighted by Crippen LogP contribution is -2.34. The third kappa shape index (κ3) is 5.60.